The number of nitrogens with zero attached hydrogens (tertiary/aromatic N) is 2. The Bertz CT molecular complexity index is 544. The van der Waals surface area contributed by atoms with E-state index >= 15 is 0 Å². The van der Waals surface area contributed by atoms with Crippen LogP contribution in [0.15, 0.2) is 18.3 Å². The predicted molar refractivity (Wildman–Crippen MR) is 77.2 cm³/mol. The normalized spacial score (nSPS) is 20.3. The third-order valence-electron chi connectivity index (χ3n) is 3.34. The van der Waals surface area contributed by atoms with Gasteiger partial charge in [-0.25, -0.2) is 0 Å². The molecular weight excluding hydrogens is 272 g/mol. The summed E-state index contributed by atoms with van der Waals surface area (Å²) in [5.74, 6) is -1.13. The standard InChI is InChI=1S/C15H22N2O4/c1-14(2)9-17(10-15(3,4)21-14)13(20)11-6-5-7-16(11)8-12(18)19/h5-7H,8-10H2,1-4H3,(H,18,19). The molecule has 116 valence electrons. The third kappa shape index (κ3) is 3.64. The van der Waals surface area contributed by atoms with E-state index in [0.29, 0.717) is 18.8 Å². The summed E-state index contributed by atoms with van der Waals surface area (Å²) in [5, 5.41) is 8.90. The molecule has 2 rings (SSSR count). The van der Waals surface area contributed by atoms with Crippen LogP contribution in [-0.4, -0.2) is 50.7 Å². The molecule has 0 unspecified atom stereocenters. The van der Waals surface area contributed by atoms with E-state index in [2.05, 4.69) is 0 Å². The van der Waals surface area contributed by atoms with Gasteiger partial charge in [-0.1, -0.05) is 0 Å². The van der Waals surface area contributed by atoms with Gasteiger partial charge in [0.2, 0.25) is 0 Å². The molecule has 1 N–H and O–H groups in total. The molecule has 1 aliphatic heterocycles. The van der Waals surface area contributed by atoms with E-state index in [1.807, 2.05) is 27.7 Å². The zero-order chi connectivity index (χ0) is 15.8. The van der Waals surface area contributed by atoms with E-state index in [4.69, 9.17) is 9.84 Å². The molecule has 6 heteroatoms. The van der Waals surface area contributed by atoms with Crippen LogP contribution in [0.25, 0.3) is 0 Å². The first-order chi connectivity index (χ1) is 9.60. The molecule has 21 heavy (non-hydrogen) atoms. The fraction of sp³-hybridized carbons (Fsp3) is 0.600. The monoisotopic (exact) mass is 294 g/mol. The molecule has 1 aromatic rings. The Labute approximate surface area is 124 Å². The maximum Gasteiger partial charge on any atom is 0.323 e. The number of rotatable bonds is 3. The number of morpholine rings is 1. The first-order valence-electron chi connectivity index (χ1n) is 6.96. The average molecular weight is 294 g/mol. The summed E-state index contributed by atoms with van der Waals surface area (Å²) < 4.78 is 7.42. The lowest BCUT2D eigenvalue weighted by atomic mass is 9.98. The van der Waals surface area contributed by atoms with Crippen LogP contribution >= 0.6 is 0 Å². The largest absolute Gasteiger partial charge is 0.480 e. The van der Waals surface area contributed by atoms with Gasteiger partial charge in [0.05, 0.1) is 11.2 Å². The Balaban J connectivity index is 2.24. The molecule has 1 saturated heterocycles. The lowest BCUT2D eigenvalue weighted by molar-refractivity contribution is -0.171. The summed E-state index contributed by atoms with van der Waals surface area (Å²) in [6, 6.07) is 3.34. The van der Waals surface area contributed by atoms with Gasteiger partial charge >= 0.3 is 5.97 Å². The van der Waals surface area contributed by atoms with E-state index in [9.17, 15) is 9.59 Å². The Hall–Kier alpha value is -1.82. The quantitative estimate of drug-likeness (QED) is 0.919. The number of aromatic nitrogens is 1. The smallest absolute Gasteiger partial charge is 0.323 e. The molecule has 1 fully saturated rings. The van der Waals surface area contributed by atoms with Crippen molar-refractivity contribution in [2.24, 2.45) is 0 Å². The van der Waals surface area contributed by atoms with Gasteiger partial charge in [0.1, 0.15) is 12.2 Å². The Morgan fingerprint density at radius 2 is 1.81 bits per heavy atom. The second kappa shape index (κ2) is 5.18. The number of ether oxygens (including phenoxy) is 1. The summed E-state index contributed by atoms with van der Waals surface area (Å²) >= 11 is 0. The van der Waals surface area contributed by atoms with E-state index < -0.39 is 17.2 Å². The van der Waals surface area contributed by atoms with E-state index in [0.717, 1.165) is 0 Å². The van der Waals surface area contributed by atoms with Crippen molar-refractivity contribution in [1.82, 2.24) is 9.47 Å². The van der Waals surface area contributed by atoms with Crippen molar-refractivity contribution in [3.8, 4) is 0 Å². The van der Waals surface area contributed by atoms with Gasteiger partial charge in [-0.05, 0) is 39.8 Å². The van der Waals surface area contributed by atoms with Crippen LogP contribution in [0.5, 0.6) is 0 Å². The van der Waals surface area contributed by atoms with Crippen molar-refractivity contribution in [1.29, 1.82) is 0 Å². The van der Waals surface area contributed by atoms with Gasteiger partial charge in [0, 0.05) is 19.3 Å². The molecule has 0 radical (unpaired) electrons. The minimum Gasteiger partial charge on any atom is -0.480 e. The summed E-state index contributed by atoms with van der Waals surface area (Å²) in [6.45, 7) is 8.54. The van der Waals surface area contributed by atoms with Crippen molar-refractivity contribution in [2.75, 3.05) is 13.1 Å². The third-order valence-corrected chi connectivity index (χ3v) is 3.34. The lowest BCUT2D eigenvalue weighted by Crippen LogP contribution is -2.58. The zero-order valence-electron chi connectivity index (χ0n) is 12.9. The molecule has 1 amide bonds. The molecule has 0 saturated carbocycles. The first kappa shape index (κ1) is 15.6. The predicted octanol–water partition coefficient (Wildman–Crippen LogP) is 1.60. The van der Waals surface area contributed by atoms with Crippen LogP contribution in [0, 0.1) is 0 Å². The number of carbonyl (C=O) groups excluding carboxylic acids is 1. The van der Waals surface area contributed by atoms with Gasteiger partial charge in [-0.2, -0.15) is 0 Å². The van der Waals surface area contributed by atoms with Crippen LogP contribution in [0.1, 0.15) is 38.2 Å². The Kier molecular flexibility index (Phi) is 3.84. The number of hydrogen-bond acceptors (Lipinski definition) is 3. The maximum absolute atomic E-state index is 12.7. The SMILES string of the molecule is CC1(C)CN(C(=O)c2cccn2CC(=O)O)CC(C)(C)O1. The van der Waals surface area contributed by atoms with Gasteiger partial charge in [0.15, 0.2) is 0 Å². The molecule has 0 atom stereocenters. The van der Waals surface area contributed by atoms with Crippen molar-refractivity contribution < 1.29 is 19.4 Å². The van der Waals surface area contributed by atoms with Crippen LogP contribution in [-0.2, 0) is 16.1 Å². The highest BCUT2D eigenvalue weighted by Crippen LogP contribution is 2.29. The molecule has 1 aromatic heterocycles. The summed E-state index contributed by atoms with van der Waals surface area (Å²) in [4.78, 5) is 25.3. The van der Waals surface area contributed by atoms with E-state index in [-0.39, 0.29) is 12.5 Å². The number of hydrogen-bond donors (Lipinski definition) is 1. The van der Waals surface area contributed by atoms with Crippen molar-refractivity contribution in [2.45, 2.75) is 45.4 Å². The fourth-order valence-corrected chi connectivity index (χ4v) is 2.99. The molecule has 1 aliphatic rings. The summed E-state index contributed by atoms with van der Waals surface area (Å²) in [7, 11) is 0. The van der Waals surface area contributed by atoms with E-state index in [1.165, 1.54) is 4.57 Å². The van der Waals surface area contributed by atoms with Gasteiger partial charge in [0.25, 0.3) is 5.91 Å². The summed E-state index contributed by atoms with van der Waals surface area (Å²) in [5.41, 5.74) is -0.464. The van der Waals surface area contributed by atoms with Gasteiger partial charge in [-0.15, -0.1) is 0 Å². The van der Waals surface area contributed by atoms with Crippen molar-refractivity contribution >= 4 is 11.9 Å². The van der Waals surface area contributed by atoms with Crippen molar-refractivity contribution in [3.05, 3.63) is 24.0 Å². The first-order valence-corrected chi connectivity index (χ1v) is 6.96. The highest BCUT2D eigenvalue weighted by atomic mass is 16.5. The molecule has 0 spiro atoms. The van der Waals surface area contributed by atoms with Crippen LogP contribution in [0.3, 0.4) is 0 Å². The minimum atomic E-state index is -0.970. The summed E-state index contributed by atoms with van der Waals surface area (Å²) in [6.07, 6.45) is 1.61. The molecule has 2 heterocycles. The number of carboxylic acids is 1. The van der Waals surface area contributed by atoms with Gasteiger partial charge < -0.3 is 19.3 Å². The lowest BCUT2D eigenvalue weighted by Gasteiger charge is -2.47. The highest BCUT2D eigenvalue weighted by Gasteiger charge is 2.40. The second-order valence-corrected chi connectivity index (χ2v) is 6.70. The van der Waals surface area contributed by atoms with Gasteiger partial charge in [-0.3, -0.25) is 9.59 Å². The molecule has 0 aromatic carbocycles. The van der Waals surface area contributed by atoms with Crippen LogP contribution < -0.4 is 0 Å². The van der Waals surface area contributed by atoms with Crippen LogP contribution in [0.2, 0.25) is 0 Å². The van der Waals surface area contributed by atoms with E-state index in [1.54, 1.807) is 23.2 Å². The molecule has 0 bridgehead atoms. The molecule has 6 nitrogen and oxygen atoms in total. The fourth-order valence-electron chi connectivity index (χ4n) is 2.99. The number of carbonyl (C=O) groups is 2. The average Bonchev–Trinajstić information content (AvgIpc) is 2.70. The number of carboxylic acid groups (broad SMARTS) is 1. The highest BCUT2D eigenvalue weighted by molar-refractivity contribution is 5.93. The Morgan fingerprint density at radius 3 is 2.33 bits per heavy atom. The molecular formula is C15H22N2O4. The number of aliphatic carboxylic acids is 1. The Morgan fingerprint density at radius 1 is 1.24 bits per heavy atom. The van der Waals surface area contributed by atoms with Crippen molar-refractivity contribution in [3.63, 3.8) is 0 Å². The maximum atomic E-state index is 12.7. The molecule has 0 aliphatic carbocycles. The minimum absolute atomic E-state index is 0.161. The topological polar surface area (TPSA) is 71.8 Å². The second-order valence-electron chi connectivity index (χ2n) is 6.70. The van der Waals surface area contributed by atoms with Crippen LogP contribution in [0.4, 0.5) is 0 Å². The number of amides is 1. The zero-order valence-corrected chi connectivity index (χ0v) is 12.9.